The molecule has 29 heavy (non-hydrogen) atoms. The van der Waals surface area contributed by atoms with Crippen molar-refractivity contribution < 1.29 is 18.3 Å². The summed E-state index contributed by atoms with van der Waals surface area (Å²) < 4.78 is 27.1. The third kappa shape index (κ3) is 3.93. The van der Waals surface area contributed by atoms with E-state index in [0.717, 1.165) is 15.4 Å². The monoisotopic (exact) mass is 449 g/mol. The third-order valence-corrected chi connectivity index (χ3v) is 8.52. The molecule has 0 spiro atoms. The summed E-state index contributed by atoms with van der Waals surface area (Å²) in [4.78, 5) is 19.7. The summed E-state index contributed by atoms with van der Waals surface area (Å²) in [6.45, 7) is 2.66. The van der Waals surface area contributed by atoms with Gasteiger partial charge in [-0.25, -0.2) is 13.4 Å². The Balaban J connectivity index is 1.45. The zero-order chi connectivity index (χ0) is 20.6. The number of sulfonamides is 1. The van der Waals surface area contributed by atoms with Gasteiger partial charge in [0.2, 0.25) is 10.0 Å². The van der Waals surface area contributed by atoms with Gasteiger partial charge in [0, 0.05) is 31.6 Å². The van der Waals surface area contributed by atoms with Gasteiger partial charge in [0.15, 0.2) is 0 Å². The highest BCUT2D eigenvalue weighted by Crippen LogP contribution is 2.29. The molecule has 1 N–H and O–H groups in total. The van der Waals surface area contributed by atoms with E-state index in [1.165, 1.54) is 27.8 Å². The second-order valence-electron chi connectivity index (χ2n) is 6.68. The van der Waals surface area contributed by atoms with E-state index in [4.69, 9.17) is 0 Å². The van der Waals surface area contributed by atoms with Gasteiger partial charge in [-0.15, -0.1) is 22.7 Å². The van der Waals surface area contributed by atoms with E-state index in [1.54, 1.807) is 34.6 Å². The lowest BCUT2D eigenvalue weighted by Gasteiger charge is -2.33. The van der Waals surface area contributed by atoms with E-state index in [0.29, 0.717) is 5.69 Å². The Morgan fingerprint density at radius 3 is 2.59 bits per heavy atom. The van der Waals surface area contributed by atoms with Crippen LogP contribution in [0.5, 0.6) is 5.75 Å². The van der Waals surface area contributed by atoms with Crippen LogP contribution in [0.25, 0.3) is 9.88 Å². The van der Waals surface area contributed by atoms with Crippen molar-refractivity contribution in [2.24, 2.45) is 0 Å². The summed E-state index contributed by atoms with van der Waals surface area (Å²) >= 11 is 2.99. The number of phenols is 1. The van der Waals surface area contributed by atoms with Crippen LogP contribution in [-0.2, 0) is 10.0 Å². The van der Waals surface area contributed by atoms with Gasteiger partial charge in [-0.1, -0.05) is 12.1 Å². The maximum Gasteiger partial charge on any atom is 0.273 e. The Morgan fingerprint density at radius 2 is 1.90 bits per heavy atom. The lowest BCUT2D eigenvalue weighted by atomic mass is 10.2. The van der Waals surface area contributed by atoms with E-state index >= 15 is 0 Å². The Hall–Kier alpha value is -2.27. The number of aromatic hydroxyl groups is 1. The van der Waals surface area contributed by atoms with Gasteiger partial charge >= 0.3 is 0 Å². The first kappa shape index (κ1) is 20.0. The van der Waals surface area contributed by atoms with Crippen molar-refractivity contribution in [2.45, 2.75) is 11.8 Å². The highest BCUT2D eigenvalue weighted by molar-refractivity contribution is 7.89. The van der Waals surface area contributed by atoms with Crippen molar-refractivity contribution in [3.05, 3.63) is 52.3 Å². The molecule has 4 rings (SSSR count). The minimum atomic E-state index is -3.82. The van der Waals surface area contributed by atoms with Gasteiger partial charge in [-0.05, 0) is 36.1 Å². The number of carbonyl (C=O) groups excluding carboxylic acids is 1. The van der Waals surface area contributed by atoms with E-state index in [1.807, 2.05) is 17.5 Å². The fourth-order valence-corrected chi connectivity index (χ4v) is 6.34. The van der Waals surface area contributed by atoms with E-state index < -0.39 is 10.0 Å². The number of amides is 1. The fourth-order valence-electron chi connectivity index (χ4n) is 3.15. The molecule has 7 nitrogen and oxygen atoms in total. The topological polar surface area (TPSA) is 90.8 Å². The molecule has 3 aromatic rings. The molecule has 0 atom stereocenters. The van der Waals surface area contributed by atoms with E-state index in [9.17, 15) is 18.3 Å². The van der Waals surface area contributed by atoms with Crippen molar-refractivity contribution in [1.82, 2.24) is 14.2 Å². The molecule has 1 aromatic carbocycles. The summed E-state index contributed by atoms with van der Waals surface area (Å²) in [7, 11) is -3.82. The number of carbonyl (C=O) groups is 1. The SMILES string of the molecule is Cc1ccc(O)c(S(=O)(=O)N2CCN(C(=O)c3csc(-c4cccs4)n3)CC2)c1. The average molecular weight is 450 g/mol. The number of thiazole rings is 1. The molecule has 1 fully saturated rings. The molecule has 1 amide bonds. The number of nitrogens with zero attached hydrogens (tertiary/aromatic N) is 3. The quantitative estimate of drug-likeness (QED) is 0.661. The molecular weight excluding hydrogens is 430 g/mol. The average Bonchev–Trinajstić information content (AvgIpc) is 3.41. The molecule has 0 aliphatic carbocycles. The second-order valence-corrected chi connectivity index (χ2v) is 10.4. The number of rotatable bonds is 4. The molecule has 0 radical (unpaired) electrons. The van der Waals surface area contributed by atoms with Crippen molar-refractivity contribution in [3.8, 4) is 15.6 Å². The zero-order valence-corrected chi connectivity index (χ0v) is 18.1. The predicted molar refractivity (Wildman–Crippen MR) is 113 cm³/mol. The molecular formula is C19H19N3O4S3. The van der Waals surface area contributed by atoms with Gasteiger partial charge in [0.1, 0.15) is 21.3 Å². The summed E-state index contributed by atoms with van der Waals surface area (Å²) in [6.07, 6.45) is 0. The van der Waals surface area contributed by atoms with Crippen molar-refractivity contribution in [1.29, 1.82) is 0 Å². The highest BCUT2D eigenvalue weighted by Gasteiger charge is 2.32. The van der Waals surface area contributed by atoms with Gasteiger partial charge in [-0.3, -0.25) is 4.79 Å². The zero-order valence-electron chi connectivity index (χ0n) is 15.6. The number of hydrogen-bond acceptors (Lipinski definition) is 7. The van der Waals surface area contributed by atoms with Gasteiger partial charge in [0.05, 0.1) is 4.88 Å². The van der Waals surface area contributed by atoms with Crippen LogP contribution in [-0.4, -0.2) is 59.8 Å². The largest absolute Gasteiger partial charge is 0.507 e. The number of aromatic nitrogens is 1. The number of benzene rings is 1. The molecule has 1 saturated heterocycles. The minimum Gasteiger partial charge on any atom is -0.507 e. The third-order valence-electron chi connectivity index (χ3n) is 4.71. The highest BCUT2D eigenvalue weighted by atomic mass is 32.2. The first-order valence-corrected chi connectivity index (χ1v) is 12.1. The van der Waals surface area contributed by atoms with Crippen molar-refractivity contribution >= 4 is 38.6 Å². The van der Waals surface area contributed by atoms with Crippen LogP contribution in [0.1, 0.15) is 16.1 Å². The normalized spacial score (nSPS) is 15.6. The Kier molecular flexibility index (Phi) is 5.43. The molecule has 0 bridgehead atoms. The summed E-state index contributed by atoms with van der Waals surface area (Å²) in [5.41, 5.74) is 1.13. The first-order chi connectivity index (χ1) is 13.9. The number of phenolic OH excluding ortho intramolecular Hbond substituents is 1. The van der Waals surface area contributed by atoms with E-state index in [-0.39, 0.29) is 42.7 Å². The molecule has 0 unspecified atom stereocenters. The van der Waals surface area contributed by atoms with Crippen LogP contribution in [0, 0.1) is 6.92 Å². The maximum atomic E-state index is 12.9. The van der Waals surface area contributed by atoms with Crippen LogP contribution in [0.3, 0.4) is 0 Å². The number of thiophene rings is 1. The number of aryl methyl sites for hydroxylation is 1. The smallest absolute Gasteiger partial charge is 0.273 e. The fraction of sp³-hybridized carbons (Fsp3) is 0.263. The Morgan fingerprint density at radius 1 is 1.14 bits per heavy atom. The van der Waals surface area contributed by atoms with Gasteiger partial charge in [0.25, 0.3) is 5.91 Å². The Labute approximate surface area is 176 Å². The molecule has 1 aliphatic heterocycles. The van der Waals surface area contributed by atoms with Crippen LogP contribution in [0.15, 0.2) is 46.0 Å². The van der Waals surface area contributed by atoms with Gasteiger partial charge in [-0.2, -0.15) is 4.31 Å². The summed E-state index contributed by atoms with van der Waals surface area (Å²) in [5, 5.41) is 14.5. The summed E-state index contributed by atoms with van der Waals surface area (Å²) in [6, 6.07) is 8.40. The maximum absolute atomic E-state index is 12.9. The first-order valence-electron chi connectivity index (χ1n) is 8.95. The van der Waals surface area contributed by atoms with E-state index in [2.05, 4.69) is 4.98 Å². The lowest BCUT2D eigenvalue weighted by molar-refractivity contribution is 0.0692. The molecule has 3 heterocycles. The molecule has 10 heteroatoms. The van der Waals surface area contributed by atoms with Crippen LogP contribution < -0.4 is 0 Å². The lowest BCUT2D eigenvalue weighted by Crippen LogP contribution is -2.50. The van der Waals surface area contributed by atoms with Gasteiger partial charge < -0.3 is 10.0 Å². The molecule has 2 aromatic heterocycles. The minimum absolute atomic E-state index is 0.0997. The second kappa shape index (κ2) is 7.86. The van der Waals surface area contributed by atoms with Crippen LogP contribution in [0.4, 0.5) is 0 Å². The molecule has 1 aliphatic rings. The van der Waals surface area contributed by atoms with Crippen LogP contribution >= 0.6 is 22.7 Å². The predicted octanol–water partition coefficient (Wildman–Crippen LogP) is 3.03. The number of piperazine rings is 1. The van der Waals surface area contributed by atoms with Crippen molar-refractivity contribution in [3.63, 3.8) is 0 Å². The Bertz CT molecular complexity index is 1130. The van der Waals surface area contributed by atoms with Crippen molar-refractivity contribution in [2.75, 3.05) is 26.2 Å². The summed E-state index contributed by atoms with van der Waals surface area (Å²) in [5.74, 6) is -0.461. The molecule has 0 saturated carbocycles. The van der Waals surface area contributed by atoms with Crippen LogP contribution in [0.2, 0.25) is 0 Å². The standard InChI is InChI=1S/C19H19N3O4S3/c1-13-4-5-15(23)17(11-13)29(25,26)22-8-6-21(7-9-22)19(24)14-12-28-18(20-14)16-3-2-10-27-16/h2-5,10-12,23H,6-9H2,1H3. The number of hydrogen-bond donors (Lipinski definition) is 1. The molecule has 152 valence electrons.